The number of carboxylic acid groups (broad SMARTS) is 1. The van der Waals surface area contributed by atoms with E-state index in [0.29, 0.717) is 17.5 Å². The van der Waals surface area contributed by atoms with Gasteiger partial charge in [-0.1, -0.05) is 13.8 Å². The maximum atomic E-state index is 10.2. The molecule has 0 aliphatic carbocycles. The third-order valence-corrected chi connectivity index (χ3v) is 2.33. The third-order valence-electron chi connectivity index (χ3n) is 1.43. The van der Waals surface area contributed by atoms with Crippen molar-refractivity contribution in [2.45, 2.75) is 25.5 Å². The molecule has 78 valence electrons. The van der Waals surface area contributed by atoms with E-state index in [4.69, 9.17) is 9.52 Å². The first-order chi connectivity index (χ1) is 6.59. The average Bonchev–Trinajstić information content (AvgIpc) is 2.52. The molecule has 0 amide bonds. The fourth-order valence-electron chi connectivity index (χ4n) is 0.784. The zero-order valence-electron chi connectivity index (χ0n) is 8.06. The van der Waals surface area contributed by atoms with Crippen molar-refractivity contribution in [3.05, 3.63) is 11.8 Å². The van der Waals surface area contributed by atoms with Gasteiger partial charge >= 0.3 is 5.97 Å². The monoisotopic (exact) mass is 216 g/mol. The van der Waals surface area contributed by atoms with E-state index in [9.17, 15) is 4.79 Å². The Morgan fingerprint density at radius 1 is 1.57 bits per heavy atom. The van der Waals surface area contributed by atoms with Gasteiger partial charge in [0.05, 0.1) is 11.5 Å². The summed E-state index contributed by atoms with van der Waals surface area (Å²) in [7, 11) is 0. The fraction of sp³-hybridized carbons (Fsp3) is 0.625. The number of aromatic nitrogens is 2. The van der Waals surface area contributed by atoms with E-state index in [0.717, 1.165) is 0 Å². The Hall–Kier alpha value is -1.04. The van der Waals surface area contributed by atoms with Crippen molar-refractivity contribution in [3.8, 4) is 0 Å². The molecule has 0 saturated carbocycles. The van der Waals surface area contributed by atoms with Crippen molar-refractivity contribution >= 4 is 17.7 Å². The highest BCUT2D eigenvalue weighted by Gasteiger charge is 2.09. The Labute approximate surface area is 85.9 Å². The Bertz CT molecular complexity index is 311. The van der Waals surface area contributed by atoms with Crippen molar-refractivity contribution in [1.82, 2.24) is 10.2 Å². The van der Waals surface area contributed by atoms with Crippen LogP contribution in [0.2, 0.25) is 0 Å². The summed E-state index contributed by atoms with van der Waals surface area (Å²) in [4.78, 5) is 10.2. The number of carbonyl (C=O) groups is 1. The van der Waals surface area contributed by atoms with E-state index in [1.54, 1.807) is 0 Å². The topological polar surface area (TPSA) is 76.2 Å². The molecule has 0 aliphatic heterocycles. The molecule has 0 aliphatic rings. The van der Waals surface area contributed by atoms with E-state index < -0.39 is 5.97 Å². The van der Waals surface area contributed by atoms with Crippen LogP contribution in [-0.4, -0.2) is 27.0 Å². The molecule has 1 N–H and O–H groups in total. The van der Waals surface area contributed by atoms with Gasteiger partial charge in [-0.25, -0.2) is 0 Å². The van der Waals surface area contributed by atoms with Gasteiger partial charge in [0.1, 0.15) is 0 Å². The lowest BCUT2D eigenvalue weighted by Gasteiger charge is -1.94. The van der Waals surface area contributed by atoms with Crippen molar-refractivity contribution in [3.63, 3.8) is 0 Å². The molecule has 0 aromatic carbocycles. The number of hydrogen-bond acceptors (Lipinski definition) is 5. The number of rotatable bonds is 5. The van der Waals surface area contributed by atoms with E-state index >= 15 is 0 Å². The van der Waals surface area contributed by atoms with E-state index in [1.165, 1.54) is 11.8 Å². The molecule has 0 spiro atoms. The van der Waals surface area contributed by atoms with Crippen LogP contribution in [-0.2, 0) is 10.5 Å². The molecule has 1 rings (SSSR count). The van der Waals surface area contributed by atoms with Crippen LogP contribution in [0, 0.1) is 0 Å². The highest BCUT2D eigenvalue weighted by molar-refractivity contribution is 7.99. The molecule has 0 radical (unpaired) electrons. The summed E-state index contributed by atoms with van der Waals surface area (Å²) in [5.74, 6) is 0.959. The second-order valence-electron chi connectivity index (χ2n) is 3.08. The van der Waals surface area contributed by atoms with E-state index in [1.807, 2.05) is 13.8 Å². The van der Waals surface area contributed by atoms with Crippen molar-refractivity contribution in [2.75, 3.05) is 5.75 Å². The van der Waals surface area contributed by atoms with Crippen LogP contribution < -0.4 is 0 Å². The number of carboxylic acids is 1. The molecular formula is C8H12N2O3S. The van der Waals surface area contributed by atoms with Gasteiger partial charge in [-0.2, -0.15) is 0 Å². The second kappa shape index (κ2) is 4.99. The Kier molecular flexibility index (Phi) is 3.94. The number of hydrogen-bond donors (Lipinski definition) is 1. The molecule has 1 aromatic heterocycles. The van der Waals surface area contributed by atoms with Crippen LogP contribution in [0.1, 0.15) is 31.5 Å². The third kappa shape index (κ3) is 3.37. The summed E-state index contributed by atoms with van der Waals surface area (Å²) in [5.41, 5.74) is 0. The molecule has 0 unspecified atom stereocenters. The van der Waals surface area contributed by atoms with Crippen LogP contribution >= 0.6 is 11.8 Å². The quantitative estimate of drug-likeness (QED) is 0.804. The molecule has 1 heterocycles. The molecule has 6 heteroatoms. The maximum absolute atomic E-state index is 10.2. The standard InChI is InChI=1S/C8H12N2O3S/c1-5(2)8-10-9-6(13-8)3-14-4-7(11)12/h5H,3-4H2,1-2H3,(H,11,12). The van der Waals surface area contributed by atoms with Crippen LogP contribution in [0.15, 0.2) is 4.42 Å². The first-order valence-electron chi connectivity index (χ1n) is 4.21. The fourth-order valence-corrected chi connectivity index (χ4v) is 1.35. The summed E-state index contributed by atoms with van der Waals surface area (Å²) in [6, 6.07) is 0. The predicted octanol–water partition coefficient (Wildman–Crippen LogP) is 1.51. The minimum Gasteiger partial charge on any atom is -0.481 e. The lowest BCUT2D eigenvalue weighted by molar-refractivity contribution is -0.133. The lowest BCUT2D eigenvalue weighted by Crippen LogP contribution is -1.98. The van der Waals surface area contributed by atoms with Gasteiger partial charge < -0.3 is 9.52 Å². The highest BCUT2D eigenvalue weighted by Crippen LogP contribution is 2.15. The van der Waals surface area contributed by atoms with Crippen molar-refractivity contribution in [2.24, 2.45) is 0 Å². The molecular weight excluding hydrogens is 204 g/mol. The van der Waals surface area contributed by atoms with Gasteiger partial charge in [-0.3, -0.25) is 4.79 Å². The van der Waals surface area contributed by atoms with Gasteiger partial charge in [0.15, 0.2) is 0 Å². The maximum Gasteiger partial charge on any atom is 0.313 e. The smallest absolute Gasteiger partial charge is 0.313 e. The van der Waals surface area contributed by atoms with Crippen molar-refractivity contribution in [1.29, 1.82) is 0 Å². The zero-order valence-corrected chi connectivity index (χ0v) is 8.87. The molecule has 1 aromatic rings. The normalized spacial score (nSPS) is 10.8. The number of thioether (sulfide) groups is 1. The van der Waals surface area contributed by atoms with Gasteiger partial charge in [-0.15, -0.1) is 22.0 Å². The average molecular weight is 216 g/mol. The van der Waals surface area contributed by atoms with Crippen LogP contribution in [0.5, 0.6) is 0 Å². The first-order valence-corrected chi connectivity index (χ1v) is 5.37. The highest BCUT2D eigenvalue weighted by atomic mass is 32.2. The van der Waals surface area contributed by atoms with Crippen LogP contribution in [0.25, 0.3) is 0 Å². The van der Waals surface area contributed by atoms with E-state index in [2.05, 4.69) is 10.2 Å². The largest absolute Gasteiger partial charge is 0.481 e. The predicted molar refractivity (Wildman–Crippen MR) is 52.2 cm³/mol. The number of aliphatic carboxylic acids is 1. The molecule has 5 nitrogen and oxygen atoms in total. The first kappa shape index (κ1) is 11.0. The van der Waals surface area contributed by atoms with Gasteiger partial charge in [0.25, 0.3) is 0 Å². The molecule has 0 atom stereocenters. The Morgan fingerprint density at radius 2 is 2.29 bits per heavy atom. The summed E-state index contributed by atoms with van der Waals surface area (Å²) in [6.07, 6.45) is 0. The van der Waals surface area contributed by atoms with E-state index in [-0.39, 0.29) is 11.7 Å². The zero-order chi connectivity index (χ0) is 10.6. The molecule has 14 heavy (non-hydrogen) atoms. The van der Waals surface area contributed by atoms with Gasteiger partial charge in [0, 0.05) is 5.92 Å². The van der Waals surface area contributed by atoms with Gasteiger partial charge in [0.2, 0.25) is 11.8 Å². The minimum absolute atomic E-state index is 0.0550. The summed E-state index contributed by atoms with van der Waals surface area (Å²) in [5, 5.41) is 16.0. The minimum atomic E-state index is -0.835. The second-order valence-corrected chi connectivity index (χ2v) is 4.06. The summed E-state index contributed by atoms with van der Waals surface area (Å²) in [6.45, 7) is 3.92. The SMILES string of the molecule is CC(C)c1nnc(CSCC(=O)O)o1. The van der Waals surface area contributed by atoms with Crippen LogP contribution in [0.3, 0.4) is 0 Å². The van der Waals surface area contributed by atoms with Crippen LogP contribution in [0.4, 0.5) is 0 Å². The molecule has 0 bridgehead atoms. The summed E-state index contributed by atoms with van der Waals surface area (Å²) < 4.78 is 5.29. The lowest BCUT2D eigenvalue weighted by atomic mass is 10.2. The van der Waals surface area contributed by atoms with Crippen molar-refractivity contribution < 1.29 is 14.3 Å². The number of nitrogens with zero attached hydrogens (tertiary/aromatic N) is 2. The molecule has 0 fully saturated rings. The Morgan fingerprint density at radius 3 is 2.79 bits per heavy atom. The summed E-state index contributed by atoms with van der Waals surface area (Å²) >= 11 is 1.24. The van der Waals surface area contributed by atoms with Gasteiger partial charge in [-0.05, 0) is 0 Å². The molecule has 0 saturated heterocycles. The Balaban J connectivity index is 2.40.